The number of aliphatic hydroxyl groups excluding tert-OH is 2. The molecule has 0 spiro atoms. The first-order chi connectivity index (χ1) is 11.8. The van der Waals surface area contributed by atoms with Crippen molar-refractivity contribution in [1.82, 2.24) is 0 Å². The number of ketones is 1. The molecule has 0 saturated heterocycles. The van der Waals surface area contributed by atoms with Gasteiger partial charge in [-0.3, -0.25) is 4.79 Å². The van der Waals surface area contributed by atoms with E-state index in [4.69, 9.17) is 5.73 Å². The number of hydrogen-bond donors (Lipinski definition) is 3. The summed E-state index contributed by atoms with van der Waals surface area (Å²) in [5, 5.41) is 19.7. The summed E-state index contributed by atoms with van der Waals surface area (Å²) in [6.07, 6.45) is 9.53. The molecule has 4 aliphatic carbocycles. The molecule has 25 heavy (non-hydrogen) atoms. The van der Waals surface area contributed by atoms with Crippen LogP contribution in [-0.2, 0) is 4.79 Å². The highest BCUT2D eigenvalue weighted by Gasteiger charge is 2.59. The Kier molecular flexibility index (Phi) is 4.02. The quantitative estimate of drug-likeness (QED) is 0.671. The van der Waals surface area contributed by atoms with Crippen molar-refractivity contribution in [1.29, 1.82) is 0 Å². The van der Waals surface area contributed by atoms with Crippen molar-refractivity contribution >= 4 is 5.78 Å². The number of carbonyl (C=O) groups is 1. The average molecular weight is 345 g/mol. The molecule has 0 heterocycles. The summed E-state index contributed by atoms with van der Waals surface area (Å²) in [5.41, 5.74) is 8.21. The summed E-state index contributed by atoms with van der Waals surface area (Å²) in [7, 11) is 0. The van der Waals surface area contributed by atoms with Crippen LogP contribution in [0.4, 0.5) is 0 Å². The summed E-state index contributed by atoms with van der Waals surface area (Å²) in [6.45, 7) is 4.07. The lowest BCUT2D eigenvalue weighted by Crippen LogP contribution is -2.53. The lowest BCUT2D eigenvalue weighted by Gasteiger charge is -2.57. The third kappa shape index (κ3) is 2.27. The lowest BCUT2D eigenvalue weighted by atomic mass is 9.47. The van der Waals surface area contributed by atoms with Crippen molar-refractivity contribution in [3.05, 3.63) is 23.3 Å². The zero-order valence-corrected chi connectivity index (χ0v) is 15.4. The van der Waals surface area contributed by atoms with Crippen molar-refractivity contribution in [3.63, 3.8) is 0 Å². The molecule has 2 saturated carbocycles. The van der Waals surface area contributed by atoms with E-state index in [-0.39, 0.29) is 16.6 Å². The number of Topliss-reactive ketones (excluding diaryl/α,β-unsaturated/α-hetero) is 1. The van der Waals surface area contributed by atoms with E-state index in [2.05, 4.69) is 19.9 Å². The smallest absolute Gasteiger partial charge is 0.184 e. The molecular weight excluding hydrogens is 314 g/mol. The SMILES string of the molecule is C[C@]12C(=CC[C@@H]3[C@H]1CC[C@]1(C)C(N)CC[C@@H]31)CC(O)C=C2C(=O)CO. The second-order valence-electron chi connectivity index (χ2n) is 9.21. The molecule has 0 aromatic carbocycles. The van der Waals surface area contributed by atoms with E-state index in [1.165, 1.54) is 12.0 Å². The Labute approximate surface area is 150 Å². The first kappa shape index (κ1) is 17.4. The molecule has 4 nitrogen and oxygen atoms in total. The Morgan fingerprint density at radius 2 is 2.04 bits per heavy atom. The molecule has 2 fully saturated rings. The molecule has 0 radical (unpaired) electrons. The van der Waals surface area contributed by atoms with Crippen LogP contribution >= 0.6 is 0 Å². The van der Waals surface area contributed by atoms with Crippen LogP contribution in [0.3, 0.4) is 0 Å². The monoisotopic (exact) mass is 345 g/mol. The molecular formula is C21H31NO3. The maximum Gasteiger partial charge on any atom is 0.184 e. The van der Waals surface area contributed by atoms with Crippen molar-refractivity contribution in [2.45, 2.75) is 64.5 Å². The predicted molar refractivity (Wildman–Crippen MR) is 96.6 cm³/mol. The van der Waals surface area contributed by atoms with E-state index in [0.29, 0.717) is 35.8 Å². The van der Waals surface area contributed by atoms with Crippen LogP contribution in [0, 0.1) is 28.6 Å². The molecule has 4 N–H and O–H groups in total. The van der Waals surface area contributed by atoms with Crippen LogP contribution in [0.15, 0.2) is 23.3 Å². The lowest BCUT2D eigenvalue weighted by molar-refractivity contribution is -0.120. The van der Waals surface area contributed by atoms with E-state index in [9.17, 15) is 15.0 Å². The summed E-state index contributed by atoms with van der Waals surface area (Å²) < 4.78 is 0. The molecule has 138 valence electrons. The molecule has 0 amide bonds. The number of rotatable bonds is 2. The van der Waals surface area contributed by atoms with Crippen molar-refractivity contribution in [2.24, 2.45) is 34.3 Å². The first-order valence-corrected chi connectivity index (χ1v) is 9.82. The highest BCUT2D eigenvalue weighted by atomic mass is 16.3. The minimum absolute atomic E-state index is 0.224. The molecule has 0 aliphatic heterocycles. The van der Waals surface area contributed by atoms with Crippen LogP contribution in [0.2, 0.25) is 0 Å². The fourth-order valence-corrected chi connectivity index (χ4v) is 6.89. The third-order valence-corrected chi connectivity index (χ3v) is 8.35. The summed E-state index contributed by atoms with van der Waals surface area (Å²) in [4.78, 5) is 12.5. The highest BCUT2D eigenvalue weighted by Crippen LogP contribution is 2.65. The van der Waals surface area contributed by atoms with E-state index in [0.717, 1.165) is 25.7 Å². The van der Waals surface area contributed by atoms with Gasteiger partial charge in [0.1, 0.15) is 6.61 Å². The maximum atomic E-state index is 12.5. The number of nitrogens with two attached hydrogens (primary N) is 1. The van der Waals surface area contributed by atoms with Gasteiger partial charge in [0.25, 0.3) is 0 Å². The van der Waals surface area contributed by atoms with Gasteiger partial charge in [0, 0.05) is 17.0 Å². The highest BCUT2D eigenvalue weighted by molar-refractivity contribution is 5.98. The minimum atomic E-state index is -0.616. The van der Waals surface area contributed by atoms with Crippen LogP contribution in [0.25, 0.3) is 0 Å². The van der Waals surface area contributed by atoms with Crippen LogP contribution < -0.4 is 5.73 Å². The van der Waals surface area contributed by atoms with Gasteiger partial charge in [0.05, 0.1) is 6.10 Å². The number of carbonyl (C=O) groups excluding carboxylic acids is 1. The van der Waals surface area contributed by atoms with Crippen LogP contribution in [0.1, 0.15) is 52.4 Å². The number of allylic oxidation sites excluding steroid dienone is 1. The maximum absolute atomic E-state index is 12.5. The predicted octanol–water partition coefficient (Wildman–Crippen LogP) is 2.35. The fraction of sp³-hybridized carbons (Fsp3) is 0.762. The largest absolute Gasteiger partial charge is 0.389 e. The van der Waals surface area contributed by atoms with E-state index in [1.54, 1.807) is 6.08 Å². The van der Waals surface area contributed by atoms with E-state index < -0.39 is 12.7 Å². The Bertz CT molecular complexity index is 654. The molecule has 7 atom stereocenters. The Morgan fingerprint density at radius 1 is 1.28 bits per heavy atom. The number of hydrogen-bond acceptors (Lipinski definition) is 4. The number of fused-ring (bicyclic) bond motifs is 5. The van der Waals surface area contributed by atoms with Crippen molar-refractivity contribution in [2.75, 3.05) is 6.61 Å². The Balaban J connectivity index is 1.77. The van der Waals surface area contributed by atoms with Crippen molar-refractivity contribution < 1.29 is 15.0 Å². The second-order valence-corrected chi connectivity index (χ2v) is 9.21. The van der Waals surface area contributed by atoms with Gasteiger partial charge in [-0.15, -0.1) is 0 Å². The van der Waals surface area contributed by atoms with Gasteiger partial charge >= 0.3 is 0 Å². The molecule has 4 rings (SSSR count). The minimum Gasteiger partial charge on any atom is -0.389 e. The molecule has 0 aromatic heterocycles. The average Bonchev–Trinajstić information content (AvgIpc) is 2.89. The molecule has 0 bridgehead atoms. The molecule has 4 aliphatic rings. The van der Waals surface area contributed by atoms with Crippen LogP contribution in [0.5, 0.6) is 0 Å². The Hall–Kier alpha value is -0.970. The van der Waals surface area contributed by atoms with Gasteiger partial charge in [-0.05, 0) is 67.8 Å². The molecule has 2 unspecified atom stereocenters. The second kappa shape index (κ2) is 5.77. The Morgan fingerprint density at radius 3 is 2.76 bits per heavy atom. The first-order valence-electron chi connectivity index (χ1n) is 9.82. The summed E-state index contributed by atoms with van der Waals surface area (Å²) in [5.74, 6) is 1.34. The molecule has 0 aromatic rings. The zero-order valence-electron chi connectivity index (χ0n) is 15.4. The topological polar surface area (TPSA) is 83.5 Å². The van der Waals surface area contributed by atoms with Gasteiger partial charge in [-0.2, -0.15) is 0 Å². The summed E-state index contributed by atoms with van der Waals surface area (Å²) >= 11 is 0. The fourth-order valence-electron chi connectivity index (χ4n) is 6.89. The van der Waals surface area contributed by atoms with Crippen LogP contribution in [-0.4, -0.2) is 34.7 Å². The van der Waals surface area contributed by atoms with E-state index >= 15 is 0 Å². The standard InChI is InChI=1S/C21H31NO3/c1-20-8-7-16-14(15(20)5-6-19(20)22)4-3-12-9-13(24)10-17(18(25)11-23)21(12,16)2/h3,10,13-16,19,23-24H,4-9,11,22H2,1-2H3/t13?,14-,15-,16+,19?,20-,21-/m0/s1. The number of aliphatic hydroxyl groups is 2. The van der Waals surface area contributed by atoms with Gasteiger partial charge in [-0.25, -0.2) is 0 Å². The van der Waals surface area contributed by atoms with Gasteiger partial charge < -0.3 is 15.9 Å². The normalized spacial score (nSPS) is 48.8. The molecule has 4 heteroatoms. The van der Waals surface area contributed by atoms with Gasteiger partial charge in [0.2, 0.25) is 0 Å². The zero-order chi connectivity index (χ0) is 18.0. The van der Waals surface area contributed by atoms with E-state index in [1.807, 2.05) is 0 Å². The van der Waals surface area contributed by atoms with Gasteiger partial charge in [0.15, 0.2) is 5.78 Å². The summed E-state index contributed by atoms with van der Waals surface area (Å²) in [6, 6.07) is 0.291. The third-order valence-electron chi connectivity index (χ3n) is 8.35. The van der Waals surface area contributed by atoms with Gasteiger partial charge in [-0.1, -0.05) is 25.5 Å². The van der Waals surface area contributed by atoms with Crippen molar-refractivity contribution in [3.8, 4) is 0 Å².